The summed E-state index contributed by atoms with van der Waals surface area (Å²) in [7, 11) is 0. The lowest BCUT2D eigenvalue weighted by atomic mass is 9.98. The van der Waals surface area contributed by atoms with Crippen molar-refractivity contribution in [2.45, 2.75) is 13.3 Å². The Labute approximate surface area is 102 Å². The number of hydrogen-bond donors (Lipinski definition) is 1. The molecule has 0 bridgehead atoms. The Bertz CT molecular complexity index is 551. The van der Waals surface area contributed by atoms with Crippen molar-refractivity contribution in [3.8, 4) is 0 Å². The van der Waals surface area contributed by atoms with Gasteiger partial charge in [-0.25, -0.2) is 0 Å². The molecule has 88 valence electrons. The maximum atomic E-state index is 3.24. The van der Waals surface area contributed by atoms with E-state index in [2.05, 4.69) is 47.1 Å². The van der Waals surface area contributed by atoms with Gasteiger partial charge in [0.1, 0.15) is 0 Å². The van der Waals surface area contributed by atoms with Crippen LogP contribution >= 0.6 is 0 Å². The number of fused-ring (bicyclic) bond motifs is 1. The smallest absolute Gasteiger partial charge is 0.0454 e. The summed E-state index contributed by atoms with van der Waals surface area (Å²) in [6.45, 7) is 5.66. The average Bonchev–Trinajstić information content (AvgIpc) is 2.86. The molecule has 1 aromatic carbocycles. The van der Waals surface area contributed by atoms with Crippen molar-refractivity contribution >= 4 is 16.5 Å². The highest BCUT2D eigenvalue weighted by molar-refractivity contribution is 5.84. The topological polar surface area (TPSA) is 19.0 Å². The summed E-state index contributed by atoms with van der Waals surface area (Å²) in [6, 6.07) is 8.84. The van der Waals surface area contributed by atoms with Gasteiger partial charge >= 0.3 is 0 Å². The van der Waals surface area contributed by atoms with E-state index in [1.54, 1.807) is 0 Å². The first-order valence-electron chi connectivity index (χ1n) is 6.35. The number of aromatic nitrogens is 1. The number of hydrogen-bond acceptors (Lipinski definition) is 1. The molecule has 0 saturated heterocycles. The van der Waals surface area contributed by atoms with Gasteiger partial charge in [0, 0.05) is 24.8 Å². The molecule has 0 aliphatic carbocycles. The second-order valence-corrected chi connectivity index (χ2v) is 4.65. The first kappa shape index (κ1) is 10.6. The first-order valence-corrected chi connectivity index (χ1v) is 6.35. The predicted molar refractivity (Wildman–Crippen MR) is 73.0 cm³/mol. The molecular formula is C15H18N2. The molecule has 0 radical (unpaired) electrons. The van der Waals surface area contributed by atoms with E-state index in [4.69, 9.17) is 0 Å². The number of nitrogens with one attached hydrogen (secondary N) is 1. The van der Waals surface area contributed by atoms with Crippen LogP contribution in [0.15, 0.2) is 36.5 Å². The Morgan fingerprint density at radius 3 is 3.00 bits per heavy atom. The van der Waals surface area contributed by atoms with E-state index < -0.39 is 0 Å². The number of aromatic amines is 1. The van der Waals surface area contributed by atoms with Gasteiger partial charge in [-0.05, 0) is 47.7 Å². The molecule has 0 spiro atoms. The van der Waals surface area contributed by atoms with E-state index in [1.807, 2.05) is 6.20 Å². The third-order valence-corrected chi connectivity index (χ3v) is 3.66. The van der Waals surface area contributed by atoms with Crippen molar-refractivity contribution < 1.29 is 0 Å². The number of rotatable bonds is 2. The number of benzene rings is 1. The van der Waals surface area contributed by atoms with Crippen molar-refractivity contribution in [1.29, 1.82) is 0 Å². The van der Waals surface area contributed by atoms with Gasteiger partial charge in [0.25, 0.3) is 0 Å². The molecule has 0 amide bonds. The number of likely N-dealkylation sites (N-methyl/N-ethyl adjacent to an activating group) is 1. The van der Waals surface area contributed by atoms with E-state index in [0.717, 1.165) is 13.1 Å². The molecule has 0 saturated carbocycles. The minimum atomic E-state index is 1.09. The molecule has 0 unspecified atom stereocenters. The molecular weight excluding hydrogens is 208 g/mol. The largest absolute Gasteiger partial charge is 0.361 e. The highest BCUT2D eigenvalue weighted by atomic mass is 15.1. The molecule has 0 fully saturated rings. The van der Waals surface area contributed by atoms with E-state index >= 15 is 0 Å². The lowest BCUT2D eigenvalue weighted by Crippen LogP contribution is -2.27. The zero-order valence-electron chi connectivity index (χ0n) is 10.2. The Hall–Kier alpha value is -1.54. The third kappa shape index (κ3) is 2.01. The molecule has 2 heterocycles. The SMILES string of the molecule is CCN1CC=C(c2ccc3[nH]ccc3c2)CC1. The van der Waals surface area contributed by atoms with Gasteiger partial charge < -0.3 is 4.98 Å². The molecule has 1 N–H and O–H groups in total. The molecule has 0 atom stereocenters. The Morgan fingerprint density at radius 2 is 2.24 bits per heavy atom. The van der Waals surface area contributed by atoms with E-state index in [-0.39, 0.29) is 0 Å². The number of H-pyrrole nitrogens is 1. The van der Waals surface area contributed by atoms with Gasteiger partial charge in [-0.2, -0.15) is 0 Å². The minimum absolute atomic E-state index is 1.09. The summed E-state index contributed by atoms with van der Waals surface area (Å²) < 4.78 is 0. The summed E-state index contributed by atoms with van der Waals surface area (Å²) in [5.41, 5.74) is 4.10. The molecule has 2 aromatic rings. The summed E-state index contributed by atoms with van der Waals surface area (Å²) in [6.07, 6.45) is 5.55. The molecule has 3 rings (SSSR count). The minimum Gasteiger partial charge on any atom is -0.361 e. The standard InChI is InChI=1S/C15H18N2/c1-2-17-9-6-12(7-10-17)13-3-4-15-14(11-13)5-8-16-15/h3-6,8,11,16H,2,7,9-10H2,1H3. The molecule has 1 aliphatic rings. The van der Waals surface area contributed by atoms with Crippen LogP contribution in [0.5, 0.6) is 0 Å². The van der Waals surface area contributed by atoms with Gasteiger partial charge in [0.2, 0.25) is 0 Å². The summed E-state index contributed by atoms with van der Waals surface area (Å²) in [4.78, 5) is 5.71. The molecule has 1 aliphatic heterocycles. The van der Waals surface area contributed by atoms with Crippen LogP contribution in [-0.2, 0) is 0 Å². The van der Waals surface area contributed by atoms with Crippen LogP contribution in [-0.4, -0.2) is 29.5 Å². The van der Waals surface area contributed by atoms with E-state index in [1.165, 1.54) is 35.0 Å². The van der Waals surface area contributed by atoms with Crippen molar-refractivity contribution in [3.63, 3.8) is 0 Å². The van der Waals surface area contributed by atoms with Crippen LogP contribution < -0.4 is 0 Å². The maximum absolute atomic E-state index is 3.24. The molecule has 1 aromatic heterocycles. The van der Waals surface area contributed by atoms with Crippen molar-refractivity contribution in [2.24, 2.45) is 0 Å². The highest BCUT2D eigenvalue weighted by Crippen LogP contribution is 2.25. The fourth-order valence-electron chi connectivity index (χ4n) is 2.51. The van der Waals surface area contributed by atoms with Crippen LogP contribution in [0, 0.1) is 0 Å². The fraction of sp³-hybridized carbons (Fsp3) is 0.333. The third-order valence-electron chi connectivity index (χ3n) is 3.66. The Morgan fingerprint density at radius 1 is 1.29 bits per heavy atom. The molecule has 2 nitrogen and oxygen atoms in total. The molecule has 2 heteroatoms. The zero-order chi connectivity index (χ0) is 11.7. The van der Waals surface area contributed by atoms with E-state index in [9.17, 15) is 0 Å². The summed E-state index contributed by atoms with van der Waals surface area (Å²) in [5.74, 6) is 0. The van der Waals surface area contributed by atoms with Crippen LogP contribution in [0.1, 0.15) is 18.9 Å². The van der Waals surface area contributed by atoms with Gasteiger partial charge in [-0.1, -0.05) is 19.1 Å². The normalized spacial score (nSPS) is 17.4. The number of nitrogens with zero attached hydrogens (tertiary/aromatic N) is 1. The highest BCUT2D eigenvalue weighted by Gasteiger charge is 2.11. The van der Waals surface area contributed by atoms with Gasteiger partial charge in [0.15, 0.2) is 0 Å². The summed E-state index contributed by atoms with van der Waals surface area (Å²) in [5, 5.41) is 1.31. The van der Waals surface area contributed by atoms with Crippen LogP contribution in [0.3, 0.4) is 0 Å². The predicted octanol–water partition coefficient (Wildman–Crippen LogP) is 3.28. The Balaban J connectivity index is 1.91. The zero-order valence-corrected chi connectivity index (χ0v) is 10.2. The fourth-order valence-corrected chi connectivity index (χ4v) is 2.51. The average molecular weight is 226 g/mol. The van der Waals surface area contributed by atoms with Crippen LogP contribution in [0.2, 0.25) is 0 Å². The molecule has 17 heavy (non-hydrogen) atoms. The van der Waals surface area contributed by atoms with Crippen molar-refractivity contribution in [3.05, 3.63) is 42.1 Å². The second kappa shape index (κ2) is 4.38. The van der Waals surface area contributed by atoms with Gasteiger partial charge in [0.05, 0.1) is 0 Å². The summed E-state index contributed by atoms with van der Waals surface area (Å²) >= 11 is 0. The van der Waals surface area contributed by atoms with Crippen molar-refractivity contribution in [2.75, 3.05) is 19.6 Å². The second-order valence-electron chi connectivity index (χ2n) is 4.65. The van der Waals surface area contributed by atoms with Crippen molar-refractivity contribution in [1.82, 2.24) is 9.88 Å². The Kier molecular flexibility index (Phi) is 2.73. The lowest BCUT2D eigenvalue weighted by molar-refractivity contribution is 0.319. The maximum Gasteiger partial charge on any atom is 0.0454 e. The van der Waals surface area contributed by atoms with Gasteiger partial charge in [-0.15, -0.1) is 0 Å². The van der Waals surface area contributed by atoms with Crippen LogP contribution in [0.4, 0.5) is 0 Å². The first-order chi connectivity index (χ1) is 8.36. The monoisotopic (exact) mass is 226 g/mol. The van der Waals surface area contributed by atoms with E-state index in [0.29, 0.717) is 0 Å². The van der Waals surface area contributed by atoms with Gasteiger partial charge in [-0.3, -0.25) is 4.90 Å². The quantitative estimate of drug-likeness (QED) is 0.832. The lowest BCUT2D eigenvalue weighted by Gasteiger charge is -2.24. The van der Waals surface area contributed by atoms with Crippen LogP contribution in [0.25, 0.3) is 16.5 Å².